The molecule has 30 heavy (non-hydrogen) atoms. The van der Waals surface area contributed by atoms with Crippen LogP contribution in [0, 0.1) is 0 Å². The minimum atomic E-state index is 0.162. The van der Waals surface area contributed by atoms with Gasteiger partial charge in [0.1, 0.15) is 6.23 Å². The van der Waals surface area contributed by atoms with Crippen LogP contribution in [-0.4, -0.2) is 67.1 Å². The molecule has 8 heteroatoms. The molecule has 4 aromatic rings. The van der Waals surface area contributed by atoms with Crippen LogP contribution in [0.15, 0.2) is 54.0 Å². The number of aromatic nitrogens is 2. The summed E-state index contributed by atoms with van der Waals surface area (Å²) in [5.74, 6) is 0. The lowest BCUT2D eigenvalue weighted by Gasteiger charge is -2.40. The molecule has 0 aliphatic carbocycles. The Kier molecular flexibility index (Phi) is 6.19. The topological polar surface area (TPSA) is 50.7 Å². The summed E-state index contributed by atoms with van der Waals surface area (Å²) >= 11 is 3.44. The van der Waals surface area contributed by atoms with Crippen molar-refractivity contribution in [3.05, 3.63) is 54.0 Å². The molecule has 2 fully saturated rings. The van der Waals surface area contributed by atoms with Crippen molar-refractivity contribution in [3.8, 4) is 0 Å². The van der Waals surface area contributed by atoms with Crippen molar-refractivity contribution in [3.63, 3.8) is 0 Å². The quantitative estimate of drug-likeness (QED) is 0.468. The molecule has 2 aliphatic heterocycles. The van der Waals surface area contributed by atoms with E-state index >= 15 is 0 Å². The average molecular weight is 441 g/mol. The van der Waals surface area contributed by atoms with Crippen molar-refractivity contribution in [2.75, 3.05) is 50.9 Å². The van der Waals surface area contributed by atoms with E-state index in [1.54, 1.807) is 22.7 Å². The number of anilines is 1. The standard InChI is InChI=1S/C15H19N3O2S.C7H5NS/c1-2-4-13-12(3-1)16-15(21-13)18-7-10-20-14(11-18)17-5-8-19-9-6-17;1-2-4-7-6(3-1)8-5-9-7/h1-4,14H,5-11H2;1-5H. The predicted molar refractivity (Wildman–Crippen MR) is 124 cm³/mol. The number of ether oxygens (including phenoxy) is 2. The number of thiazole rings is 2. The monoisotopic (exact) mass is 440 g/mol. The van der Waals surface area contributed by atoms with Crippen LogP contribution in [0.1, 0.15) is 0 Å². The Balaban J connectivity index is 0.000000178. The van der Waals surface area contributed by atoms with Crippen molar-refractivity contribution in [2.45, 2.75) is 6.23 Å². The normalized spacial score (nSPS) is 20.3. The summed E-state index contributed by atoms with van der Waals surface area (Å²) in [4.78, 5) is 13.6. The van der Waals surface area contributed by atoms with Gasteiger partial charge >= 0.3 is 0 Å². The van der Waals surface area contributed by atoms with Gasteiger partial charge in [-0.05, 0) is 24.3 Å². The smallest absolute Gasteiger partial charge is 0.186 e. The molecule has 2 saturated heterocycles. The van der Waals surface area contributed by atoms with Gasteiger partial charge in [0.05, 0.1) is 52.3 Å². The lowest BCUT2D eigenvalue weighted by Crippen LogP contribution is -2.54. The van der Waals surface area contributed by atoms with E-state index in [0.717, 1.165) is 62.2 Å². The zero-order chi connectivity index (χ0) is 20.2. The molecule has 2 aromatic heterocycles. The molecule has 156 valence electrons. The molecule has 1 unspecified atom stereocenters. The molecule has 4 heterocycles. The van der Waals surface area contributed by atoms with E-state index < -0.39 is 0 Å². The van der Waals surface area contributed by atoms with Crippen LogP contribution in [0.5, 0.6) is 0 Å². The Labute approximate surface area is 183 Å². The molecule has 6 rings (SSSR count). The summed E-state index contributed by atoms with van der Waals surface area (Å²) in [6.07, 6.45) is 0.162. The Morgan fingerprint density at radius 3 is 2.43 bits per heavy atom. The maximum Gasteiger partial charge on any atom is 0.186 e. The fraction of sp³-hybridized carbons (Fsp3) is 0.364. The summed E-state index contributed by atoms with van der Waals surface area (Å²) in [5.41, 5.74) is 4.06. The van der Waals surface area contributed by atoms with Gasteiger partial charge in [-0.1, -0.05) is 35.6 Å². The maximum atomic E-state index is 5.95. The van der Waals surface area contributed by atoms with E-state index in [1.165, 1.54) is 9.40 Å². The number of para-hydroxylation sites is 2. The summed E-state index contributed by atoms with van der Waals surface area (Å²) in [6.45, 7) is 6.09. The van der Waals surface area contributed by atoms with Gasteiger partial charge in [0.2, 0.25) is 0 Å². The summed E-state index contributed by atoms with van der Waals surface area (Å²) in [7, 11) is 0. The molecule has 0 radical (unpaired) electrons. The molecule has 0 amide bonds. The Morgan fingerprint density at radius 1 is 0.867 bits per heavy atom. The van der Waals surface area contributed by atoms with Crippen LogP contribution in [-0.2, 0) is 9.47 Å². The second-order valence-electron chi connectivity index (χ2n) is 7.20. The third kappa shape index (κ3) is 4.48. The molecule has 2 aliphatic rings. The molecule has 0 spiro atoms. The van der Waals surface area contributed by atoms with E-state index in [1.807, 2.05) is 29.8 Å². The highest BCUT2D eigenvalue weighted by atomic mass is 32.1. The van der Waals surface area contributed by atoms with Crippen molar-refractivity contribution in [1.82, 2.24) is 14.9 Å². The van der Waals surface area contributed by atoms with E-state index in [0.29, 0.717) is 0 Å². The van der Waals surface area contributed by atoms with E-state index in [4.69, 9.17) is 14.5 Å². The molecular formula is C22H24N4O2S2. The van der Waals surface area contributed by atoms with E-state index in [-0.39, 0.29) is 6.23 Å². The first kappa shape index (κ1) is 19.8. The van der Waals surface area contributed by atoms with Crippen LogP contribution in [0.25, 0.3) is 20.4 Å². The lowest BCUT2D eigenvalue weighted by molar-refractivity contribution is -0.100. The fourth-order valence-electron chi connectivity index (χ4n) is 3.69. The SMILES string of the molecule is c1ccc2sc(N3CCOC(N4CCOCC4)C3)nc2c1.c1ccc2scnc2c1. The van der Waals surface area contributed by atoms with Crippen LogP contribution < -0.4 is 4.90 Å². The Hall–Kier alpha value is -2.10. The van der Waals surface area contributed by atoms with Crippen LogP contribution in [0.4, 0.5) is 5.13 Å². The maximum absolute atomic E-state index is 5.95. The van der Waals surface area contributed by atoms with Crippen LogP contribution in [0.2, 0.25) is 0 Å². The van der Waals surface area contributed by atoms with Crippen molar-refractivity contribution in [2.24, 2.45) is 0 Å². The molecule has 1 atom stereocenters. The molecule has 6 nitrogen and oxygen atoms in total. The number of hydrogen-bond donors (Lipinski definition) is 0. The minimum Gasteiger partial charge on any atom is -0.379 e. The van der Waals surface area contributed by atoms with Gasteiger partial charge in [-0.3, -0.25) is 4.90 Å². The highest BCUT2D eigenvalue weighted by Crippen LogP contribution is 2.30. The second kappa shape index (κ2) is 9.36. The van der Waals surface area contributed by atoms with Crippen LogP contribution in [0.3, 0.4) is 0 Å². The van der Waals surface area contributed by atoms with E-state index in [2.05, 4.69) is 39.0 Å². The van der Waals surface area contributed by atoms with Gasteiger partial charge in [-0.25, -0.2) is 9.97 Å². The number of nitrogens with zero attached hydrogens (tertiary/aromatic N) is 4. The third-order valence-electron chi connectivity index (χ3n) is 5.29. The van der Waals surface area contributed by atoms with Gasteiger partial charge in [-0.15, -0.1) is 11.3 Å². The number of hydrogen-bond acceptors (Lipinski definition) is 8. The van der Waals surface area contributed by atoms with E-state index in [9.17, 15) is 0 Å². The minimum absolute atomic E-state index is 0.162. The molecule has 0 N–H and O–H groups in total. The number of fused-ring (bicyclic) bond motifs is 2. The first-order valence-corrected chi connectivity index (χ1v) is 11.9. The fourth-order valence-corrected chi connectivity index (χ4v) is 5.37. The molecule has 2 aromatic carbocycles. The molecular weight excluding hydrogens is 416 g/mol. The average Bonchev–Trinajstić information content (AvgIpc) is 3.47. The number of morpholine rings is 2. The van der Waals surface area contributed by atoms with Gasteiger partial charge in [-0.2, -0.15) is 0 Å². The number of rotatable bonds is 2. The van der Waals surface area contributed by atoms with Crippen molar-refractivity contribution >= 4 is 48.2 Å². The number of benzene rings is 2. The molecule has 0 saturated carbocycles. The first-order chi connectivity index (χ1) is 14.9. The summed E-state index contributed by atoms with van der Waals surface area (Å²) in [5, 5.41) is 1.11. The zero-order valence-corrected chi connectivity index (χ0v) is 18.3. The Bertz CT molecular complexity index is 1030. The Morgan fingerprint density at radius 2 is 1.63 bits per heavy atom. The third-order valence-corrected chi connectivity index (χ3v) is 7.20. The zero-order valence-electron chi connectivity index (χ0n) is 16.6. The first-order valence-electron chi connectivity index (χ1n) is 10.2. The van der Waals surface area contributed by atoms with Crippen LogP contribution >= 0.6 is 22.7 Å². The second-order valence-corrected chi connectivity index (χ2v) is 9.10. The van der Waals surface area contributed by atoms with Gasteiger partial charge in [0.15, 0.2) is 5.13 Å². The van der Waals surface area contributed by atoms with Gasteiger partial charge in [0.25, 0.3) is 0 Å². The summed E-state index contributed by atoms with van der Waals surface area (Å²) in [6, 6.07) is 16.5. The highest BCUT2D eigenvalue weighted by Gasteiger charge is 2.28. The molecule has 0 bridgehead atoms. The highest BCUT2D eigenvalue weighted by molar-refractivity contribution is 7.22. The largest absolute Gasteiger partial charge is 0.379 e. The van der Waals surface area contributed by atoms with Crippen molar-refractivity contribution < 1.29 is 9.47 Å². The summed E-state index contributed by atoms with van der Waals surface area (Å²) < 4.78 is 13.9. The van der Waals surface area contributed by atoms with Crippen molar-refractivity contribution in [1.29, 1.82) is 0 Å². The predicted octanol–water partition coefficient (Wildman–Crippen LogP) is 4.09. The van der Waals surface area contributed by atoms with Gasteiger partial charge < -0.3 is 14.4 Å². The van der Waals surface area contributed by atoms with Gasteiger partial charge in [0, 0.05) is 19.6 Å². The lowest BCUT2D eigenvalue weighted by atomic mass is 10.3.